The SMILES string of the molecule is CC(C)Oc1ccc2c(c1)nc(C(C)Cl)n2CCO. The lowest BCUT2D eigenvalue weighted by atomic mass is 10.3. The molecule has 0 aliphatic rings. The Morgan fingerprint density at radius 3 is 2.68 bits per heavy atom. The van der Waals surface area contributed by atoms with Crippen molar-refractivity contribution in [1.82, 2.24) is 9.55 Å². The van der Waals surface area contributed by atoms with Gasteiger partial charge in [-0.25, -0.2) is 4.98 Å². The Balaban J connectivity index is 2.49. The molecule has 1 aromatic heterocycles. The van der Waals surface area contributed by atoms with Gasteiger partial charge in [0.25, 0.3) is 0 Å². The number of benzene rings is 1. The molecule has 0 bridgehead atoms. The first-order valence-corrected chi connectivity index (χ1v) is 6.88. The fourth-order valence-corrected chi connectivity index (χ4v) is 2.28. The topological polar surface area (TPSA) is 47.3 Å². The highest BCUT2D eigenvalue weighted by molar-refractivity contribution is 6.20. The fraction of sp³-hybridized carbons (Fsp3) is 0.500. The molecule has 0 spiro atoms. The summed E-state index contributed by atoms with van der Waals surface area (Å²) in [4.78, 5) is 4.54. The maximum absolute atomic E-state index is 9.16. The van der Waals surface area contributed by atoms with Crippen LogP contribution >= 0.6 is 11.6 Å². The minimum Gasteiger partial charge on any atom is -0.491 e. The number of aromatic nitrogens is 2. The first kappa shape index (κ1) is 14.2. The van der Waals surface area contributed by atoms with Crippen LogP contribution in [-0.2, 0) is 6.54 Å². The van der Waals surface area contributed by atoms with Crippen LogP contribution in [0.25, 0.3) is 11.0 Å². The van der Waals surface area contributed by atoms with E-state index in [1.807, 2.05) is 43.5 Å². The summed E-state index contributed by atoms with van der Waals surface area (Å²) in [5, 5.41) is 8.96. The second kappa shape index (κ2) is 5.80. The van der Waals surface area contributed by atoms with Crippen LogP contribution in [0.1, 0.15) is 32.0 Å². The van der Waals surface area contributed by atoms with Gasteiger partial charge < -0.3 is 14.4 Å². The van der Waals surface area contributed by atoms with Crippen LogP contribution in [0.2, 0.25) is 0 Å². The maximum Gasteiger partial charge on any atom is 0.127 e. The van der Waals surface area contributed by atoms with Crippen LogP contribution < -0.4 is 4.74 Å². The summed E-state index contributed by atoms with van der Waals surface area (Å²) in [6, 6.07) is 5.78. The zero-order valence-corrected chi connectivity index (χ0v) is 12.2. The average Bonchev–Trinajstić information content (AvgIpc) is 2.67. The smallest absolute Gasteiger partial charge is 0.127 e. The van der Waals surface area contributed by atoms with Crippen LogP contribution in [0, 0.1) is 0 Å². The van der Waals surface area contributed by atoms with Crippen LogP contribution in [0.5, 0.6) is 5.75 Å². The number of alkyl halides is 1. The first-order chi connectivity index (χ1) is 9.02. The molecule has 0 saturated carbocycles. The number of aliphatic hydroxyl groups excluding tert-OH is 1. The molecule has 1 N–H and O–H groups in total. The van der Waals surface area contributed by atoms with E-state index in [2.05, 4.69) is 4.98 Å². The molecule has 1 atom stereocenters. The molecule has 2 aromatic rings. The van der Waals surface area contributed by atoms with Crippen LogP contribution in [0.4, 0.5) is 0 Å². The highest BCUT2D eigenvalue weighted by Crippen LogP contribution is 2.27. The van der Waals surface area contributed by atoms with Crippen molar-refractivity contribution in [2.24, 2.45) is 0 Å². The molecule has 1 unspecified atom stereocenters. The summed E-state index contributed by atoms with van der Waals surface area (Å²) in [6.45, 7) is 6.41. The van der Waals surface area contributed by atoms with E-state index >= 15 is 0 Å². The predicted octanol–water partition coefficient (Wildman–Crippen LogP) is 3.12. The van der Waals surface area contributed by atoms with Crippen molar-refractivity contribution < 1.29 is 9.84 Å². The third-order valence-corrected chi connectivity index (χ3v) is 3.00. The van der Waals surface area contributed by atoms with E-state index in [1.165, 1.54) is 0 Å². The lowest BCUT2D eigenvalue weighted by Crippen LogP contribution is -2.07. The molecule has 0 amide bonds. The van der Waals surface area contributed by atoms with Gasteiger partial charge in [0.1, 0.15) is 11.6 Å². The van der Waals surface area contributed by atoms with Crippen molar-refractivity contribution in [2.45, 2.75) is 38.8 Å². The van der Waals surface area contributed by atoms with Gasteiger partial charge in [-0.1, -0.05) is 0 Å². The summed E-state index contributed by atoms with van der Waals surface area (Å²) in [5.74, 6) is 1.57. The quantitative estimate of drug-likeness (QED) is 0.857. The summed E-state index contributed by atoms with van der Waals surface area (Å²) >= 11 is 6.14. The van der Waals surface area contributed by atoms with Gasteiger partial charge in [0.15, 0.2) is 0 Å². The minimum atomic E-state index is -0.201. The van der Waals surface area contributed by atoms with E-state index in [0.29, 0.717) is 6.54 Å². The maximum atomic E-state index is 9.16. The van der Waals surface area contributed by atoms with Crippen molar-refractivity contribution in [1.29, 1.82) is 0 Å². The van der Waals surface area contributed by atoms with E-state index in [4.69, 9.17) is 21.4 Å². The molecule has 0 aliphatic heterocycles. The molecule has 0 radical (unpaired) electrons. The molecular formula is C14H19ClN2O2. The van der Waals surface area contributed by atoms with Gasteiger partial charge >= 0.3 is 0 Å². The molecule has 4 nitrogen and oxygen atoms in total. The zero-order valence-electron chi connectivity index (χ0n) is 11.4. The third-order valence-electron chi connectivity index (χ3n) is 2.80. The molecular weight excluding hydrogens is 264 g/mol. The normalized spacial score (nSPS) is 13.2. The molecule has 0 saturated heterocycles. The third kappa shape index (κ3) is 3.01. The highest BCUT2D eigenvalue weighted by atomic mass is 35.5. The van der Waals surface area contributed by atoms with E-state index < -0.39 is 0 Å². The van der Waals surface area contributed by atoms with Crippen molar-refractivity contribution in [3.63, 3.8) is 0 Å². The number of fused-ring (bicyclic) bond motifs is 1. The van der Waals surface area contributed by atoms with Crippen molar-refractivity contribution in [2.75, 3.05) is 6.61 Å². The number of hydrogen-bond donors (Lipinski definition) is 1. The van der Waals surface area contributed by atoms with E-state index in [1.54, 1.807) is 0 Å². The van der Waals surface area contributed by atoms with Gasteiger partial charge in [-0.15, -0.1) is 11.6 Å². The van der Waals surface area contributed by atoms with E-state index in [-0.39, 0.29) is 18.1 Å². The lowest BCUT2D eigenvalue weighted by molar-refractivity contribution is 0.242. The molecule has 0 fully saturated rings. The summed E-state index contributed by atoms with van der Waals surface area (Å²) in [5.41, 5.74) is 1.81. The monoisotopic (exact) mass is 282 g/mol. The van der Waals surface area contributed by atoms with Crippen LogP contribution in [-0.4, -0.2) is 27.4 Å². The highest BCUT2D eigenvalue weighted by Gasteiger charge is 2.15. The fourth-order valence-electron chi connectivity index (χ4n) is 2.11. The minimum absolute atomic E-state index is 0.0618. The Morgan fingerprint density at radius 2 is 2.11 bits per heavy atom. The largest absolute Gasteiger partial charge is 0.491 e. The van der Waals surface area contributed by atoms with Crippen molar-refractivity contribution >= 4 is 22.6 Å². The number of hydrogen-bond acceptors (Lipinski definition) is 3. The molecule has 1 heterocycles. The Hall–Kier alpha value is -1.26. The first-order valence-electron chi connectivity index (χ1n) is 6.44. The lowest BCUT2D eigenvalue weighted by Gasteiger charge is -2.10. The van der Waals surface area contributed by atoms with Gasteiger partial charge in [0.05, 0.1) is 29.1 Å². The average molecular weight is 283 g/mol. The van der Waals surface area contributed by atoms with E-state index in [0.717, 1.165) is 22.6 Å². The van der Waals surface area contributed by atoms with Crippen molar-refractivity contribution in [3.05, 3.63) is 24.0 Å². The number of halogens is 1. The van der Waals surface area contributed by atoms with Crippen LogP contribution in [0.3, 0.4) is 0 Å². The van der Waals surface area contributed by atoms with Gasteiger partial charge in [0.2, 0.25) is 0 Å². The Bertz CT molecular complexity index is 564. The molecule has 1 aromatic carbocycles. The standard InChI is InChI=1S/C14H19ClN2O2/c1-9(2)19-11-4-5-13-12(8-11)16-14(10(3)15)17(13)6-7-18/h4-5,8-10,18H,6-7H2,1-3H3. The van der Waals surface area contributed by atoms with Gasteiger partial charge in [-0.3, -0.25) is 0 Å². The number of imidazole rings is 1. The van der Waals surface area contributed by atoms with Gasteiger partial charge in [0, 0.05) is 12.6 Å². The number of rotatable bonds is 5. The number of ether oxygens (including phenoxy) is 1. The zero-order chi connectivity index (χ0) is 14.0. The summed E-state index contributed by atoms with van der Waals surface area (Å²) in [7, 11) is 0. The van der Waals surface area contributed by atoms with Crippen LogP contribution in [0.15, 0.2) is 18.2 Å². The van der Waals surface area contributed by atoms with Gasteiger partial charge in [-0.05, 0) is 32.9 Å². The van der Waals surface area contributed by atoms with Crippen molar-refractivity contribution in [3.8, 4) is 5.75 Å². The summed E-state index contributed by atoms with van der Waals surface area (Å²) < 4.78 is 7.61. The summed E-state index contributed by atoms with van der Waals surface area (Å²) in [6.07, 6.45) is 0.128. The number of nitrogens with zero attached hydrogens (tertiary/aromatic N) is 2. The molecule has 2 rings (SSSR count). The second-order valence-electron chi connectivity index (χ2n) is 4.78. The molecule has 19 heavy (non-hydrogen) atoms. The Morgan fingerprint density at radius 1 is 1.37 bits per heavy atom. The van der Waals surface area contributed by atoms with Gasteiger partial charge in [-0.2, -0.15) is 0 Å². The second-order valence-corrected chi connectivity index (χ2v) is 5.43. The number of aliphatic hydroxyl groups is 1. The molecule has 5 heteroatoms. The molecule has 104 valence electrons. The van der Waals surface area contributed by atoms with E-state index in [9.17, 15) is 0 Å². The predicted molar refractivity (Wildman–Crippen MR) is 76.9 cm³/mol. The Kier molecular flexibility index (Phi) is 4.32. The Labute approximate surface area is 118 Å². The molecule has 0 aliphatic carbocycles.